The summed E-state index contributed by atoms with van der Waals surface area (Å²) in [5.41, 5.74) is 4.57. The number of alkyl halides is 3. The standard InChI is InChI=1S/C6H13F3NO3P/c1-3-4(2)13-14(11,12)5(10)6(7,8)9/h4-5H,3,10H2,1-2H3,(H,11,12). The Kier molecular flexibility index (Phi) is 4.58. The maximum absolute atomic E-state index is 12.0. The van der Waals surface area contributed by atoms with E-state index in [0.717, 1.165) is 0 Å². The van der Waals surface area contributed by atoms with Gasteiger partial charge >= 0.3 is 13.8 Å². The summed E-state index contributed by atoms with van der Waals surface area (Å²) in [7, 11) is -4.82. The first-order chi connectivity index (χ1) is 6.11. The van der Waals surface area contributed by atoms with E-state index in [4.69, 9.17) is 4.89 Å². The Morgan fingerprint density at radius 3 is 2.29 bits per heavy atom. The van der Waals surface area contributed by atoms with Crippen LogP contribution >= 0.6 is 7.60 Å². The van der Waals surface area contributed by atoms with E-state index in [1.807, 2.05) is 0 Å². The molecule has 0 aliphatic heterocycles. The summed E-state index contributed by atoms with van der Waals surface area (Å²) in [5, 5.41) is 0. The van der Waals surface area contributed by atoms with E-state index in [2.05, 4.69) is 10.3 Å². The van der Waals surface area contributed by atoms with Crippen molar-refractivity contribution < 1.29 is 27.2 Å². The highest BCUT2D eigenvalue weighted by atomic mass is 31.2. The minimum atomic E-state index is -4.93. The van der Waals surface area contributed by atoms with E-state index in [0.29, 0.717) is 6.42 Å². The van der Waals surface area contributed by atoms with Gasteiger partial charge in [0.2, 0.25) is 5.78 Å². The number of hydrogen-bond acceptors (Lipinski definition) is 3. The van der Waals surface area contributed by atoms with Crippen LogP contribution in [0.15, 0.2) is 0 Å². The van der Waals surface area contributed by atoms with E-state index >= 15 is 0 Å². The molecule has 0 fully saturated rings. The molecule has 14 heavy (non-hydrogen) atoms. The van der Waals surface area contributed by atoms with E-state index in [9.17, 15) is 17.7 Å². The van der Waals surface area contributed by atoms with Crippen molar-refractivity contribution in [1.82, 2.24) is 0 Å². The van der Waals surface area contributed by atoms with Crippen molar-refractivity contribution >= 4 is 7.60 Å². The maximum Gasteiger partial charge on any atom is 0.415 e. The van der Waals surface area contributed by atoms with Crippen LogP contribution in [0.25, 0.3) is 0 Å². The van der Waals surface area contributed by atoms with Gasteiger partial charge in [0.25, 0.3) is 0 Å². The summed E-state index contributed by atoms with van der Waals surface area (Å²) in [6, 6.07) is 0. The summed E-state index contributed by atoms with van der Waals surface area (Å²) in [6.07, 6.45) is -5.34. The van der Waals surface area contributed by atoms with Gasteiger partial charge in [-0.25, -0.2) is 0 Å². The molecule has 0 amide bonds. The first-order valence-electron chi connectivity index (χ1n) is 3.94. The second-order valence-electron chi connectivity index (χ2n) is 2.87. The van der Waals surface area contributed by atoms with Crippen molar-refractivity contribution in [2.24, 2.45) is 5.73 Å². The van der Waals surface area contributed by atoms with Gasteiger partial charge in [-0.15, -0.1) is 0 Å². The quantitative estimate of drug-likeness (QED) is 0.729. The predicted molar refractivity (Wildman–Crippen MR) is 44.7 cm³/mol. The average Bonchev–Trinajstić information content (AvgIpc) is 2.00. The Morgan fingerprint density at radius 2 is 2.00 bits per heavy atom. The molecule has 0 saturated heterocycles. The van der Waals surface area contributed by atoms with Crippen molar-refractivity contribution in [2.75, 3.05) is 0 Å². The van der Waals surface area contributed by atoms with Crippen LogP contribution in [0.2, 0.25) is 0 Å². The second kappa shape index (κ2) is 4.61. The van der Waals surface area contributed by atoms with Crippen LogP contribution in [0.3, 0.4) is 0 Å². The summed E-state index contributed by atoms with van der Waals surface area (Å²) >= 11 is 0. The first kappa shape index (κ1) is 13.9. The summed E-state index contributed by atoms with van der Waals surface area (Å²) < 4.78 is 51.2. The molecular weight excluding hydrogens is 222 g/mol. The number of rotatable bonds is 4. The molecule has 0 aliphatic rings. The Hall–Kier alpha value is -0.100. The molecule has 0 bridgehead atoms. The lowest BCUT2D eigenvalue weighted by atomic mass is 10.3. The lowest BCUT2D eigenvalue weighted by Gasteiger charge is -2.23. The molecule has 0 aromatic carbocycles. The van der Waals surface area contributed by atoms with Crippen LogP contribution in [-0.2, 0) is 9.09 Å². The highest BCUT2D eigenvalue weighted by Crippen LogP contribution is 2.52. The largest absolute Gasteiger partial charge is 0.415 e. The van der Waals surface area contributed by atoms with Gasteiger partial charge < -0.3 is 15.2 Å². The topological polar surface area (TPSA) is 72.5 Å². The zero-order chi connectivity index (χ0) is 11.6. The lowest BCUT2D eigenvalue weighted by Crippen LogP contribution is -2.38. The average molecular weight is 235 g/mol. The van der Waals surface area contributed by atoms with E-state index in [-0.39, 0.29) is 0 Å². The van der Waals surface area contributed by atoms with Crippen molar-refractivity contribution in [3.8, 4) is 0 Å². The third kappa shape index (κ3) is 3.96. The van der Waals surface area contributed by atoms with Crippen LogP contribution < -0.4 is 5.73 Å². The van der Waals surface area contributed by atoms with Gasteiger partial charge in [-0.2, -0.15) is 13.2 Å². The number of hydrogen-bond donors (Lipinski definition) is 2. The highest BCUT2D eigenvalue weighted by Gasteiger charge is 2.50. The van der Waals surface area contributed by atoms with Gasteiger partial charge in [0, 0.05) is 0 Å². The fourth-order valence-electron chi connectivity index (χ4n) is 0.583. The highest BCUT2D eigenvalue weighted by molar-refractivity contribution is 7.53. The molecule has 0 heterocycles. The summed E-state index contributed by atoms with van der Waals surface area (Å²) in [6.45, 7) is 3.01. The summed E-state index contributed by atoms with van der Waals surface area (Å²) in [4.78, 5) is 8.91. The van der Waals surface area contributed by atoms with Gasteiger partial charge in [-0.1, -0.05) is 6.92 Å². The monoisotopic (exact) mass is 235 g/mol. The fourth-order valence-corrected chi connectivity index (χ4v) is 1.75. The molecule has 3 atom stereocenters. The van der Waals surface area contributed by atoms with Crippen molar-refractivity contribution in [3.63, 3.8) is 0 Å². The van der Waals surface area contributed by atoms with Crippen LogP contribution in [0.5, 0.6) is 0 Å². The molecule has 0 rings (SSSR count). The van der Waals surface area contributed by atoms with Crippen LogP contribution in [-0.4, -0.2) is 23.0 Å². The molecule has 0 aliphatic carbocycles. The zero-order valence-corrected chi connectivity index (χ0v) is 8.68. The summed E-state index contributed by atoms with van der Waals surface area (Å²) in [5.74, 6) is -2.84. The molecular formula is C6H13F3NO3P. The Bertz CT molecular complexity index is 233. The molecule has 86 valence electrons. The molecule has 0 aromatic heterocycles. The minimum absolute atomic E-state index is 0.328. The van der Waals surface area contributed by atoms with Crippen LogP contribution in [0.4, 0.5) is 13.2 Å². The van der Waals surface area contributed by atoms with Gasteiger partial charge in [-0.3, -0.25) is 4.57 Å². The van der Waals surface area contributed by atoms with Crippen LogP contribution in [0, 0.1) is 0 Å². The van der Waals surface area contributed by atoms with E-state index in [1.54, 1.807) is 6.92 Å². The van der Waals surface area contributed by atoms with Crippen molar-refractivity contribution in [1.29, 1.82) is 0 Å². The maximum atomic E-state index is 12.0. The minimum Gasteiger partial charge on any atom is -0.323 e. The number of nitrogens with two attached hydrogens (primary N) is 1. The third-order valence-electron chi connectivity index (χ3n) is 1.59. The van der Waals surface area contributed by atoms with Crippen molar-refractivity contribution in [2.45, 2.75) is 38.3 Å². The first-order valence-corrected chi connectivity index (χ1v) is 5.59. The molecule has 0 spiro atoms. The third-order valence-corrected chi connectivity index (χ3v) is 3.25. The molecule has 3 N–H and O–H groups in total. The van der Waals surface area contributed by atoms with E-state index in [1.165, 1.54) is 6.92 Å². The normalized spacial score (nSPS) is 21.4. The predicted octanol–water partition coefficient (Wildman–Crippen LogP) is 1.83. The van der Waals surface area contributed by atoms with Crippen LogP contribution in [0.1, 0.15) is 20.3 Å². The van der Waals surface area contributed by atoms with Gasteiger partial charge in [0.05, 0.1) is 6.10 Å². The SMILES string of the molecule is CCC(C)OP(=O)(O)C(N)C(F)(F)F. The van der Waals surface area contributed by atoms with Gasteiger partial charge in [0.1, 0.15) is 0 Å². The molecule has 0 radical (unpaired) electrons. The molecule has 4 nitrogen and oxygen atoms in total. The van der Waals surface area contributed by atoms with Gasteiger partial charge in [-0.05, 0) is 13.3 Å². The molecule has 0 aromatic rings. The number of halogens is 3. The second-order valence-corrected chi connectivity index (χ2v) is 4.77. The zero-order valence-electron chi connectivity index (χ0n) is 7.78. The lowest BCUT2D eigenvalue weighted by molar-refractivity contribution is -0.134. The van der Waals surface area contributed by atoms with Gasteiger partial charge in [0.15, 0.2) is 0 Å². The Morgan fingerprint density at radius 1 is 1.57 bits per heavy atom. The van der Waals surface area contributed by atoms with E-state index < -0.39 is 25.7 Å². The Balaban J connectivity index is 4.55. The fraction of sp³-hybridized carbons (Fsp3) is 1.00. The van der Waals surface area contributed by atoms with Crippen molar-refractivity contribution in [3.05, 3.63) is 0 Å². The molecule has 3 unspecified atom stereocenters. The Labute approximate surface area is 79.8 Å². The molecule has 0 saturated carbocycles. The smallest absolute Gasteiger partial charge is 0.323 e. The molecule has 8 heteroatoms.